The van der Waals surface area contributed by atoms with Gasteiger partial charge in [0.15, 0.2) is 0 Å². The lowest BCUT2D eigenvalue weighted by Gasteiger charge is -2.36. The van der Waals surface area contributed by atoms with Crippen molar-refractivity contribution in [3.05, 3.63) is 88.9 Å². The third-order valence-corrected chi connectivity index (χ3v) is 7.10. The Hall–Kier alpha value is -3.36. The van der Waals surface area contributed by atoms with Gasteiger partial charge in [0.1, 0.15) is 11.4 Å². The molecule has 1 aliphatic heterocycles. The van der Waals surface area contributed by atoms with Crippen molar-refractivity contribution in [2.24, 2.45) is 0 Å². The Balaban J connectivity index is 1.65. The maximum Gasteiger partial charge on any atom is 0.343 e. The minimum absolute atomic E-state index is 0.0339. The molecule has 1 heterocycles. The van der Waals surface area contributed by atoms with Crippen molar-refractivity contribution in [1.29, 1.82) is 0 Å². The van der Waals surface area contributed by atoms with Gasteiger partial charge >= 0.3 is 6.03 Å². The van der Waals surface area contributed by atoms with E-state index in [0.29, 0.717) is 10.6 Å². The van der Waals surface area contributed by atoms with Crippen LogP contribution in [0.15, 0.2) is 77.7 Å². The number of nitrogens with one attached hydrogen (secondary N) is 1. The Labute approximate surface area is 191 Å². The summed E-state index contributed by atoms with van der Waals surface area (Å²) in [6.45, 7) is 1.64. The third-order valence-electron chi connectivity index (χ3n) is 5.12. The predicted molar refractivity (Wildman–Crippen MR) is 123 cm³/mol. The van der Waals surface area contributed by atoms with Crippen LogP contribution in [0, 0.1) is 6.92 Å². The van der Waals surface area contributed by atoms with Crippen molar-refractivity contribution in [3.8, 4) is 0 Å². The second kappa shape index (κ2) is 8.64. The number of halogens is 1. The molecule has 0 spiro atoms. The van der Waals surface area contributed by atoms with Gasteiger partial charge in [-0.2, -0.15) is 4.31 Å². The molecule has 0 radical (unpaired) electrons. The van der Waals surface area contributed by atoms with Gasteiger partial charge in [0, 0.05) is 11.6 Å². The van der Waals surface area contributed by atoms with E-state index in [-0.39, 0.29) is 29.4 Å². The summed E-state index contributed by atoms with van der Waals surface area (Å²) in [4.78, 5) is 27.2. The first-order valence-corrected chi connectivity index (χ1v) is 11.6. The molecule has 164 valence electrons. The largest absolute Gasteiger partial charge is 0.350 e. The summed E-state index contributed by atoms with van der Waals surface area (Å²) in [5.41, 5.74) is 1.88. The number of hydrogen-bond acceptors (Lipinski definition) is 4. The van der Waals surface area contributed by atoms with Crippen LogP contribution in [0.1, 0.15) is 11.1 Å². The number of sulfonamides is 1. The fraction of sp³-hybridized carbons (Fsp3) is 0.130. The molecule has 3 aromatic carbocycles. The van der Waals surface area contributed by atoms with Gasteiger partial charge in [0.25, 0.3) is 10.0 Å². The molecule has 7 nitrogen and oxygen atoms in total. The number of anilines is 2. The number of rotatable bonds is 5. The van der Waals surface area contributed by atoms with Crippen molar-refractivity contribution in [1.82, 2.24) is 5.32 Å². The number of nitrogens with zero attached hydrogens (tertiary/aromatic N) is 2. The van der Waals surface area contributed by atoms with Gasteiger partial charge in [-0.05, 0) is 48.4 Å². The highest BCUT2D eigenvalue weighted by atomic mass is 35.5. The molecule has 3 amide bonds. The Kier molecular flexibility index (Phi) is 5.90. The normalized spacial score (nSPS) is 14.8. The molecule has 1 N–H and O–H groups in total. The number of para-hydroxylation sites is 2. The average molecular weight is 470 g/mol. The second-order valence-electron chi connectivity index (χ2n) is 7.30. The minimum Gasteiger partial charge on any atom is -0.350 e. The van der Waals surface area contributed by atoms with Gasteiger partial charge in [0.05, 0.1) is 11.4 Å². The van der Waals surface area contributed by atoms with E-state index in [0.717, 1.165) is 9.87 Å². The van der Waals surface area contributed by atoms with Gasteiger partial charge < -0.3 is 5.32 Å². The molecule has 0 unspecified atom stereocenters. The fourth-order valence-electron chi connectivity index (χ4n) is 3.49. The Bertz CT molecular complexity index is 1290. The van der Waals surface area contributed by atoms with Crippen molar-refractivity contribution >= 4 is 44.9 Å². The Morgan fingerprint density at radius 2 is 1.56 bits per heavy atom. The standard InChI is InChI=1S/C23H20ClN3O4S/c1-16-6-2-3-7-19(16)27-23(29)26(20-8-4-5-9-21(20)32(27,30)31)15-22(28)25-14-17-10-12-18(24)13-11-17/h2-13H,14-15H2,1H3,(H,25,28). The zero-order valence-electron chi connectivity index (χ0n) is 17.2. The first kappa shape index (κ1) is 21.9. The number of fused-ring (bicyclic) bond motifs is 1. The van der Waals surface area contributed by atoms with Crippen LogP contribution in [0.5, 0.6) is 0 Å². The summed E-state index contributed by atoms with van der Waals surface area (Å²) in [5, 5.41) is 3.35. The van der Waals surface area contributed by atoms with E-state index in [4.69, 9.17) is 11.6 Å². The smallest absolute Gasteiger partial charge is 0.343 e. The van der Waals surface area contributed by atoms with E-state index in [9.17, 15) is 18.0 Å². The second-order valence-corrected chi connectivity index (χ2v) is 9.49. The number of carbonyl (C=O) groups is 2. The third kappa shape index (κ3) is 4.06. The molecule has 0 saturated heterocycles. The lowest BCUT2D eigenvalue weighted by Crippen LogP contribution is -2.53. The number of urea groups is 1. The summed E-state index contributed by atoms with van der Waals surface area (Å²) in [7, 11) is -4.14. The monoisotopic (exact) mass is 469 g/mol. The van der Waals surface area contributed by atoms with Crippen LogP contribution in [0.3, 0.4) is 0 Å². The molecule has 32 heavy (non-hydrogen) atoms. The lowest BCUT2D eigenvalue weighted by atomic mass is 10.2. The highest BCUT2D eigenvalue weighted by molar-refractivity contribution is 7.94. The molecule has 9 heteroatoms. The zero-order chi connectivity index (χ0) is 22.9. The van der Waals surface area contributed by atoms with Crippen molar-refractivity contribution in [2.45, 2.75) is 18.4 Å². The number of hydrogen-bond donors (Lipinski definition) is 1. The number of benzene rings is 3. The van der Waals surface area contributed by atoms with Gasteiger partial charge in [-0.15, -0.1) is 0 Å². The van der Waals surface area contributed by atoms with E-state index in [1.807, 2.05) is 0 Å². The summed E-state index contributed by atoms with van der Waals surface area (Å²) in [6, 6.07) is 19.1. The van der Waals surface area contributed by atoms with Gasteiger partial charge in [-0.3, -0.25) is 9.69 Å². The molecular formula is C23H20ClN3O4S. The van der Waals surface area contributed by atoms with E-state index >= 15 is 0 Å². The van der Waals surface area contributed by atoms with Gasteiger partial charge in [0.2, 0.25) is 5.91 Å². The van der Waals surface area contributed by atoms with Crippen molar-refractivity contribution < 1.29 is 18.0 Å². The van der Waals surface area contributed by atoms with Crippen LogP contribution in [0.2, 0.25) is 5.02 Å². The SMILES string of the molecule is Cc1ccccc1N1C(=O)N(CC(=O)NCc2ccc(Cl)cc2)c2ccccc2S1(=O)=O. The van der Waals surface area contributed by atoms with Crippen LogP contribution < -0.4 is 14.5 Å². The van der Waals surface area contributed by atoms with Crippen LogP contribution in [0.4, 0.5) is 16.2 Å². The molecular weight excluding hydrogens is 450 g/mol. The fourth-order valence-corrected chi connectivity index (χ4v) is 5.27. The van der Waals surface area contributed by atoms with Crippen LogP contribution >= 0.6 is 11.6 Å². The number of carbonyl (C=O) groups excluding carboxylic acids is 2. The molecule has 0 saturated carbocycles. The van der Waals surface area contributed by atoms with Gasteiger partial charge in [-0.25, -0.2) is 13.2 Å². The van der Waals surface area contributed by atoms with E-state index in [1.54, 1.807) is 67.6 Å². The molecule has 0 fully saturated rings. The average Bonchev–Trinajstić information content (AvgIpc) is 2.77. The molecule has 4 rings (SSSR count). The zero-order valence-corrected chi connectivity index (χ0v) is 18.7. The summed E-state index contributed by atoms with van der Waals surface area (Å²) in [6.07, 6.45) is 0. The molecule has 0 bridgehead atoms. The molecule has 0 aromatic heterocycles. The van der Waals surface area contributed by atoms with Crippen LogP contribution in [-0.4, -0.2) is 26.9 Å². The highest BCUT2D eigenvalue weighted by Crippen LogP contribution is 2.37. The minimum atomic E-state index is -4.14. The van der Waals surface area contributed by atoms with Crippen molar-refractivity contribution in [2.75, 3.05) is 15.7 Å². The quantitative estimate of drug-likeness (QED) is 0.609. The highest BCUT2D eigenvalue weighted by Gasteiger charge is 2.43. The lowest BCUT2D eigenvalue weighted by molar-refractivity contribution is -0.119. The summed E-state index contributed by atoms with van der Waals surface area (Å²) >= 11 is 5.88. The maximum absolute atomic E-state index is 13.4. The first-order chi connectivity index (χ1) is 15.3. The summed E-state index contributed by atoms with van der Waals surface area (Å²) < 4.78 is 27.4. The van der Waals surface area contributed by atoms with E-state index in [2.05, 4.69) is 5.32 Å². The molecule has 0 atom stereocenters. The summed E-state index contributed by atoms with van der Waals surface area (Å²) in [5.74, 6) is -0.424. The topological polar surface area (TPSA) is 86.8 Å². The van der Waals surface area contributed by atoms with E-state index < -0.39 is 22.0 Å². The Morgan fingerprint density at radius 3 is 2.25 bits per heavy atom. The maximum atomic E-state index is 13.4. The van der Waals surface area contributed by atoms with Crippen molar-refractivity contribution in [3.63, 3.8) is 0 Å². The number of aryl methyl sites for hydroxylation is 1. The molecule has 1 aliphatic rings. The molecule has 0 aliphatic carbocycles. The molecule has 3 aromatic rings. The first-order valence-electron chi connectivity index (χ1n) is 9.81. The van der Waals surface area contributed by atoms with Crippen LogP contribution in [0.25, 0.3) is 0 Å². The number of amides is 3. The Morgan fingerprint density at radius 1 is 0.938 bits per heavy atom. The van der Waals surface area contributed by atoms with Gasteiger partial charge in [-0.1, -0.05) is 54.1 Å². The van der Waals surface area contributed by atoms with Crippen LogP contribution in [-0.2, 0) is 21.4 Å². The van der Waals surface area contributed by atoms with E-state index in [1.165, 1.54) is 17.0 Å². The predicted octanol–water partition coefficient (Wildman–Crippen LogP) is 4.10.